The molecule has 24 heavy (non-hydrogen) atoms. The minimum Gasteiger partial charge on any atom is -0.489 e. The largest absolute Gasteiger partial charge is 0.489 e. The molecule has 0 bridgehead atoms. The summed E-state index contributed by atoms with van der Waals surface area (Å²) in [7, 11) is 3.18. The van der Waals surface area contributed by atoms with Gasteiger partial charge in [0.25, 0.3) is 5.91 Å². The normalized spacial score (nSPS) is 10.8. The second kappa shape index (κ2) is 7.93. The zero-order valence-corrected chi connectivity index (χ0v) is 13.5. The van der Waals surface area contributed by atoms with Crippen LogP contribution >= 0.6 is 0 Å². The van der Waals surface area contributed by atoms with E-state index in [2.05, 4.69) is 0 Å². The van der Waals surface area contributed by atoms with E-state index in [1.54, 1.807) is 56.6 Å². The van der Waals surface area contributed by atoms with Crippen LogP contribution in [0.4, 0.5) is 4.39 Å². The highest BCUT2D eigenvalue weighted by Gasteiger charge is 2.10. The molecule has 0 aliphatic rings. The van der Waals surface area contributed by atoms with E-state index >= 15 is 0 Å². The Hall–Kier alpha value is -3.13. The molecule has 0 saturated heterocycles. The van der Waals surface area contributed by atoms with Gasteiger partial charge in [0.1, 0.15) is 29.8 Å². The number of hydrogen-bond acceptors (Lipinski definition) is 3. The predicted octanol–water partition coefficient (Wildman–Crippen LogP) is 3.40. The number of amides is 1. The second-order valence-electron chi connectivity index (χ2n) is 5.32. The van der Waals surface area contributed by atoms with Gasteiger partial charge in [0.15, 0.2) is 0 Å². The van der Waals surface area contributed by atoms with Gasteiger partial charge in [-0.3, -0.25) is 4.79 Å². The SMILES string of the molecule is CN(C)C(=O)/C(C#N)=C\c1ccc(OCc2ccccc2F)cc1. The topological polar surface area (TPSA) is 53.3 Å². The molecule has 122 valence electrons. The van der Waals surface area contributed by atoms with Crippen LogP contribution in [-0.4, -0.2) is 24.9 Å². The molecule has 5 heteroatoms. The average molecular weight is 324 g/mol. The Morgan fingerprint density at radius 1 is 1.21 bits per heavy atom. The summed E-state index contributed by atoms with van der Waals surface area (Å²) in [4.78, 5) is 13.2. The third kappa shape index (κ3) is 4.43. The summed E-state index contributed by atoms with van der Waals surface area (Å²) in [5, 5.41) is 9.07. The van der Waals surface area contributed by atoms with Crippen molar-refractivity contribution < 1.29 is 13.9 Å². The summed E-state index contributed by atoms with van der Waals surface area (Å²) < 4.78 is 19.1. The fraction of sp³-hybridized carbons (Fsp3) is 0.158. The molecule has 0 spiro atoms. The van der Waals surface area contributed by atoms with Gasteiger partial charge in [-0.05, 0) is 29.8 Å². The molecule has 0 fully saturated rings. The fourth-order valence-electron chi connectivity index (χ4n) is 1.99. The van der Waals surface area contributed by atoms with Crippen molar-refractivity contribution in [2.75, 3.05) is 14.1 Å². The number of rotatable bonds is 5. The maximum atomic E-state index is 13.5. The van der Waals surface area contributed by atoms with E-state index in [0.29, 0.717) is 16.9 Å². The first-order chi connectivity index (χ1) is 11.5. The Bertz CT molecular complexity index is 790. The zero-order chi connectivity index (χ0) is 17.5. The number of halogens is 1. The van der Waals surface area contributed by atoms with Crippen LogP contribution < -0.4 is 4.74 Å². The van der Waals surface area contributed by atoms with Crippen LogP contribution in [0.2, 0.25) is 0 Å². The van der Waals surface area contributed by atoms with Gasteiger partial charge in [-0.25, -0.2) is 4.39 Å². The average Bonchev–Trinajstić information content (AvgIpc) is 2.59. The Kier molecular flexibility index (Phi) is 5.69. The Labute approximate surface area is 140 Å². The summed E-state index contributed by atoms with van der Waals surface area (Å²) >= 11 is 0. The van der Waals surface area contributed by atoms with Gasteiger partial charge in [-0.2, -0.15) is 5.26 Å². The highest BCUT2D eigenvalue weighted by molar-refractivity contribution is 6.01. The van der Waals surface area contributed by atoms with Crippen molar-refractivity contribution in [1.29, 1.82) is 5.26 Å². The van der Waals surface area contributed by atoms with Crippen molar-refractivity contribution in [3.8, 4) is 11.8 Å². The fourth-order valence-corrected chi connectivity index (χ4v) is 1.99. The van der Waals surface area contributed by atoms with Crippen LogP contribution in [0.25, 0.3) is 6.08 Å². The molecule has 0 atom stereocenters. The molecule has 0 saturated carbocycles. The van der Waals surface area contributed by atoms with Gasteiger partial charge in [-0.15, -0.1) is 0 Å². The van der Waals surface area contributed by atoms with E-state index in [4.69, 9.17) is 10.00 Å². The molecule has 0 radical (unpaired) electrons. The monoisotopic (exact) mass is 324 g/mol. The maximum Gasteiger partial charge on any atom is 0.264 e. The smallest absolute Gasteiger partial charge is 0.264 e. The molecule has 0 aromatic heterocycles. The van der Waals surface area contributed by atoms with Gasteiger partial charge >= 0.3 is 0 Å². The highest BCUT2D eigenvalue weighted by atomic mass is 19.1. The van der Waals surface area contributed by atoms with Gasteiger partial charge in [0.05, 0.1) is 0 Å². The van der Waals surface area contributed by atoms with Crippen molar-refractivity contribution >= 4 is 12.0 Å². The molecule has 0 aliphatic heterocycles. The first kappa shape index (κ1) is 17.2. The van der Waals surface area contributed by atoms with Gasteiger partial charge in [-0.1, -0.05) is 30.3 Å². The molecule has 0 N–H and O–H groups in total. The molecule has 0 heterocycles. The van der Waals surface area contributed by atoms with Gasteiger partial charge in [0.2, 0.25) is 0 Å². The third-order valence-corrected chi connectivity index (χ3v) is 3.30. The van der Waals surface area contributed by atoms with Crippen LogP contribution in [0.5, 0.6) is 5.75 Å². The van der Waals surface area contributed by atoms with Crippen molar-refractivity contribution in [3.63, 3.8) is 0 Å². The lowest BCUT2D eigenvalue weighted by atomic mass is 10.1. The molecule has 2 rings (SSSR count). The number of hydrogen-bond donors (Lipinski definition) is 0. The number of benzene rings is 2. The van der Waals surface area contributed by atoms with Crippen molar-refractivity contribution in [3.05, 3.63) is 71.0 Å². The number of carbonyl (C=O) groups is 1. The maximum absolute atomic E-state index is 13.5. The van der Waals surface area contributed by atoms with Crippen LogP contribution in [-0.2, 0) is 11.4 Å². The molecular formula is C19H17FN2O2. The molecular weight excluding hydrogens is 307 g/mol. The summed E-state index contributed by atoms with van der Waals surface area (Å²) in [5.41, 5.74) is 1.24. The van der Waals surface area contributed by atoms with E-state index in [1.807, 2.05) is 6.07 Å². The lowest BCUT2D eigenvalue weighted by Crippen LogP contribution is -2.22. The summed E-state index contributed by atoms with van der Waals surface area (Å²) in [5.74, 6) is -0.0804. The Morgan fingerprint density at radius 2 is 1.88 bits per heavy atom. The molecule has 2 aromatic rings. The van der Waals surface area contributed by atoms with Crippen molar-refractivity contribution in [2.45, 2.75) is 6.61 Å². The van der Waals surface area contributed by atoms with Crippen LogP contribution in [0, 0.1) is 17.1 Å². The van der Waals surface area contributed by atoms with Crippen LogP contribution in [0.1, 0.15) is 11.1 Å². The minimum atomic E-state index is -0.350. The number of likely N-dealkylation sites (N-methyl/N-ethyl adjacent to an activating group) is 1. The first-order valence-electron chi connectivity index (χ1n) is 7.31. The summed E-state index contributed by atoms with van der Waals surface area (Å²) in [6.07, 6.45) is 1.52. The van der Waals surface area contributed by atoms with E-state index in [9.17, 15) is 9.18 Å². The van der Waals surface area contributed by atoms with Gasteiger partial charge in [0, 0.05) is 19.7 Å². The first-order valence-corrected chi connectivity index (χ1v) is 7.31. The lowest BCUT2D eigenvalue weighted by molar-refractivity contribution is -0.124. The summed E-state index contributed by atoms with van der Waals surface area (Å²) in [6.45, 7) is 0.129. The van der Waals surface area contributed by atoms with E-state index in [-0.39, 0.29) is 23.9 Å². The second-order valence-corrected chi connectivity index (χ2v) is 5.32. The predicted molar refractivity (Wildman–Crippen MR) is 89.5 cm³/mol. The molecule has 4 nitrogen and oxygen atoms in total. The van der Waals surface area contributed by atoms with Crippen LogP contribution in [0.3, 0.4) is 0 Å². The minimum absolute atomic E-state index is 0.0556. The van der Waals surface area contributed by atoms with Crippen molar-refractivity contribution in [1.82, 2.24) is 4.90 Å². The lowest BCUT2D eigenvalue weighted by Gasteiger charge is -2.09. The standard InChI is InChI=1S/C19H17FN2O2/c1-22(2)19(23)16(12-21)11-14-7-9-17(10-8-14)24-13-15-5-3-4-6-18(15)20/h3-11H,13H2,1-2H3/b16-11-. The van der Waals surface area contributed by atoms with E-state index in [0.717, 1.165) is 0 Å². The summed E-state index contributed by atoms with van der Waals surface area (Å²) in [6, 6.07) is 15.2. The Morgan fingerprint density at radius 3 is 2.46 bits per heavy atom. The molecule has 1 amide bonds. The van der Waals surface area contributed by atoms with E-state index < -0.39 is 0 Å². The Balaban J connectivity index is 2.07. The number of nitrogens with zero attached hydrogens (tertiary/aromatic N) is 2. The third-order valence-electron chi connectivity index (χ3n) is 3.30. The number of carbonyl (C=O) groups excluding carboxylic acids is 1. The molecule has 0 unspecified atom stereocenters. The quantitative estimate of drug-likeness (QED) is 0.626. The zero-order valence-electron chi connectivity index (χ0n) is 13.5. The number of ether oxygens (including phenoxy) is 1. The van der Waals surface area contributed by atoms with Crippen molar-refractivity contribution in [2.24, 2.45) is 0 Å². The molecule has 2 aromatic carbocycles. The number of nitriles is 1. The van der Waals surface area contributed by atoms with Gasteiger partial charge < -0.3 is 9.64 Å². The highest BCUT2D eigenvalue weighted by Crippen LogP contribution is 2.17. The van der Waals surface area contributed by atoms with E-state index in [1.165, 1.54) is 17.0 Å². The molecule has 0 aliphatic carbocycles. The van der Waals surface area contributed by atoms with Crippen LogP contribution in [0.15, 0.2) is 54.1 Å².